The van der Waals surface area contributed by atoms with Crippen LogP contribution in [0.5, 0.6) is 0 Å². The average Bonchev–Trinajstić information content (AvgIpc) is 2.72. The van der Waals surface area contributed by atoms with Gasteiger partial charge in [-0.15, -0.1) is 0 Å². The zero-order valence-corrected chi connectivity index (χ0v) is 17.5. The second-order valence-corrected chi connectivity index (χ2v) is 9.25. The van der Waals surface area contributed by atoms with Gasteiger partial charge >= 0.3 is 6.18 Å². The predicted molar refractivity (Wildman–Crippen MR) is 104 cm³/mol. The van der Waals surface area contributed by atoms with Gasteiger partial charge in [-0.1, -0.05) is 0 Å². The molecule has 1 saturated heterocycles. The number of carbonyl (C=O) groups excluding carboxylic acids is 1. The number of hydrogen-bond donors (Lipinski definition) is 1. The van der Waals surface area contributed by atoms with Gasteiger partial charge in [-0.3, -0.25) is 9.69 Å². The molecule has 0 spiro atoms. The Kier molecular flexibility index (Phi) is 6.00. The number of aryl methyl sites for hydroxylation is 1. The lowest BCUT2D eigenvalue weighted by Gasteiger charge is -2.29. The maximum atomic E-state index is 13.4. The van der Waals surface area contributed by atoms with Crippen LogP contribution in [0.4, 0.5) is 18.9 Å². The van der Waals surface area contributed by atoms with Crippen molar-refractivity contribution in [1.82, 2.24) is 4.90 Å². The zero-order chi connectivity index (χ0) is 22.4. The molecule has 0 saturated carbocycles. The highest BCUT2D eigenvalue weighted by Crippen LogP contribution is 2.39. The Morgan fingerprint density at radius 3 is 2.38 bits per heavy atom. The van der Waals surface area contributed by atoms with Crippen molar-refractivity contribution in [2.75, 3.05) is 17.2 Å². The van der Waals surface area contributed by atoms with Crippen molar-refractivity contribution in [3.63, 3.8) is 0 Å². The summed E-state index contributed by atoms with van der Waals surface area (Å²) in [5.74, 6) is -0.885. The Morgan fingerprint density at radius 2 is 1.90 bits per heavy atom. The van der Waals surface area contributed by atoms with Crippen LogP contribution in [-0.2, 0) is 21.0 Å². The summed E-state index contributed by atoms with van der Waals surface area (Å²) in [5, 5.41) is 14.0. The monoisotopic (exact) mass is 448 g/mol. The molecule has 7 nitrogen and oxygen atoms in total. The molecule has 2 N–H and O–H groups in total. The quantitative estimate of drug-likeness (QED) is 0.693. The fourth-order valence-corrected chi connectivity index (χ4v) is 4.14. The summed E-state index contributed by atoms with van der Waals surface area (Å²) >= 11 is 5.34. The molecule has 29 heavy (non-hydrogen) atoms. The molecule has 0 unspecified atom stereocenters. The summed E-state index contributed by atoms with van der Waals surface area (Å²) in [4.78, 5) is 15.4. The minimum absolute atomic E-state index is 0.0460. The Morgan fingerprint density at radius 1 is 1.31 bits per heavy atom. The van der Waals surface area contributed by atoms with Crippen LogP contribution >= 0.6 is 12.2 Å². The van der Waals surface area contributed by atoms with E-state index in [-0.39, 0.29) is 35.1 Å². The number of nitriles is 1. The number of nitrogens with two attached hydrogens (primary N) is 1. The van der Waals surface area contributed by atoms with Crippen molar-refractivity contribution in [3.05, 3.63) is 28.8 Å². The zero-order valence-electron chi connectivity index (χ0n) is 15.9. The SMILES string of the molecule is Cc1cc(C#N)c(C(F)(F)F)cc1N1C(=O)C(C)(C)N(CCCS(N)(=O)=O)C1=S. The first-order valence-corrected chi connectivity index (χ1v) is 10.5. The normalized spacial score (nSPS) is 17.0. The molecule has 1 aromatic rings. The van der Waals surface area contributed by atoms with Crippen LogP contribution in [-0.4, -0.2) is 42.2 Å². The number of hydrogen-bond acceptors (Lipinski definition) is 5. The number of thiocarbonyl (C=S) groups is 1. The van der Waals surface area contributed by atoms with E-state index < -0.39 is 38.8 Å². The Bertz CT molecular complexity index is 1010. The number of halogens is 3. The van der Waals surface area contributed by atoms with Crippen LogP contribution in [0.2, 0.25) is 0 Å². The van der Waals surface area contributed by atoms with E-state index in [1.54, 1.807) is 13.8 Å². The molecule has 1 heterocycles. The molecule has 1 aromatic carbocycles. The van der Waals surface area contributed by atoms with Gasteiger partial charge in [-0.05, 0) is 57.1 Å². The maximum Gasteiger partial charge on any atom is 0.417 e. The number of anilines is 1. The number of alkyl halides is 3. The lowest BCUT2D eigenvalue weighted by Crippen LogP contribution is -2.45. The largest absolute Gasteiger partial charge is 0.417 e. The molecule has 0 radical (unpaired) electrons. The van der Waals surface area contributed by atoms with Gasteiger partial charge in [0.2, 0.25) is 10.0 Å². The summed E-state index contributed by atoms with van der Waals surface area (Å²) in [7, 11) is -3.71. The highest BCUT2D eigenvalue weighted by molar-refractivity contribution is 7.89. The summed E-state index contributed by atoms with van der Waals surface area (Å²) < 4.78 is 62.4. The van der Waals surface area contributed by atoms with E-state index in [2.05, 4.69) is 0 Å². The smallest absolute Gasteiger partial charge is 0.334 e. The van der Waals surface area contributed by atoms with Crippen LogP contribution < -0.4 is 10.0 Å². The molecule has 0 aromatic heterocycles. The Hall–Kier alpha value is -2.23. The molecule has 0 atom stereocenters. The molecule has 0 aliphatic carbocycles. The van der Waals surface area contributed by atoms with E-state index in [1.165, 1.54) is 17.9 Å². The molecule has 1 aliphatic heterocycles. The maximum absolute atomic E-state index is 13.4. The molecule has 1 amide bonds. The van der Waals surface area contributed by atoms with Gasteiger partial charge in [0.25, 0.3) is 5.91 Å². The third-order valence-corrected chi connectivity index (χ3v) is 5.90. The standard InChI is InChI=1S/C17H19F3N4O3S2/c1-10-7-11(9-21)12(17(18,19)20)8-13(10)24-14(25)16(2,3)23(15(24)28)5-4-6-29(22,26)27/h7-8H,4-6H2,1-3H3,(H2,22,26,27). The van der Waals surface area contributed by atoms with Crippen molar-refractivity contribution in [1.29, 1.82) is 5.26 Å². The molecule has 1 aliphatic rings. The van der Waals surface area contributed by atoms with Gasteiger partial charge in [-0.25, -0.2) is 13.6 Å². The van der Waals surface area contributed by atoms with Crippen molar-refractivity contribution in [3.8, 4) is 6.07 Å². The molecule has 12 heteroatoms. The van der Waals surface area contributed by atoms with E-state index in [9.17, 15) is 26.4 Å². The number of primary sulfonamides is 1. The number of rotatable bonds is 5. The molecule has 158 valence electrons. The number of nitrogens with zero attached hydrogens (tertiary/aromatic N) is 3. The van der Waals surface area contributed by atoms with Gasteiger partial charge in [-0.2, -0.15) is 18.4 Å². The van der Waals surface area contributed by atoms with Gasteiger partial charge in [0.15, 0.2) is 5.11 Å². The number of amides is 1. The first-order chi connectivity index (χ1) is 13.1. The minimum Gasteiger partial charge on any atom is -0.334 e. The lowest BCUT2D eigenvalue weighted by molar-refractivity contribution is -0.137. The summed E-state index contributed by atoms with van der Waals surface area (Å²) in [6.07, 6.45) is -4.70. The highest BCUT2D eigenvalue weighted by atomic mass is 32.2. The number of carbonyl (C=O) groups is 1. The topological polar surface area (TPSA) is 108 Å². The van der Waals surface area contributed by atoms with Crippen molar-refractivity contribution >= 4 is 38.9 Å². The summed E-state index contributed by atoms with van der Waals surface area (Å²) in [5.41, 5.74) is -2.73. The summed E-state index contributed by atoms with van der Waals surface area (Å²) in [6, 6.07) is 3.31. The molecule has 1 fully saturated rings. The van der Waals surface area contributed by atoms with Crippen LogP contribution in [0.1, 0.15) is 37.0 Å². The second kappa shape index (κ2) is 7.55. The van der Waals surface area contributed by atoms with E-state index in [4.69, 9.17) is 22.6 Å². The van der Waals surface area contributed by atoms with Crippen molar-refractivity contribution in [2.45, 2.75) is 38.9 Å². The second-order valence-electron chi connectivity index (χ2n) is 7.15. The van der Waals surface area contributed by atoms with Crippen LogP contribution in [0.15, 0.2) is 12.1 Å². The summed E-state index contributed by atoms with van der Waals surface area (Å²) in [6.45, 7) is 4.64. The number of sulfonamides is 1. The minimum atomic E-state index is -4.79. The first kappa shape index (κ1) is 23.1. The van der Waals surface area contributed by atoms with E-state index >= 15 is 0 Å². The van der Waals surface area contributed by atoms with Gasteiger partial charge in [0.1, 0.15) is 5.54 Å². The highest BCUT2D eigenvalue weighted by Gasteiger charge is 2.50. The average molecular weight is 448 g/mol. The van der Waals surface area contributed by atoms with Crippen LogP contribution in [0.25, 0.3) is 0 Å². The third kappa shape index (κ3) is 4.52. The van der Waals surface area contributed by atoms with Gasteiger partial charge in [0.05, 0.1) is 28.6 Å². The fourth-order valence-electron chi connectivity index (χ4n) is 3.11. The third-order valence-electron chi connectivity index (χ3n) is 4.64. The lowest BCUT2D eigenvalue weighted by atomic mass is 10.0. The van der Waals surface area contributed by atoms with Crippen LogP contribution in [0.3, 0.4) is 0 Å². The van der Waals surface area contributed by atoms with E-state index in [1.807, 2.05) is 0 Å². The van der Waals surface area contributed by atoms with Gasteiger partial charge < -0.3 is 4.90 Å². The fraction of sp³-hybridized carbons (Fsp3) is 0.471. The predicted octanol–water partition coefficient (Wildman–Crippen LogP) is 2.28. The molecular weight excluding hydrogens is 429 g/mol. The Labute approximate surface area is 171 Å². The Balaban J connectivity index is 2.49. The van der Waals surface area contributed by atoms with Crippen molar-refractivity contribution < 1.29 is 26.4 Å². The molecule has 2 rings (SSSR count). The molecular formula is C17H19F3N4O3S2. The number of benzene rings is 1. The van der Waals surface area contributed by atoms with E-state index in [0.29, 0.717) is 0 Å². The van der Waals surface area contributed by atoms with E-state index in [0.717, 1.165) is 17.0 Å². The van der Waals surface area contributed by atoms with Crippen molar-refractivity contribution in [2.24, 2.45) is 5.14 Å². The van der Waals surface area contributed by atoms with Crippen LogP contribution in [0, 0.1) is 18.3 Å². The molecule has 0 bridgehead atoms. The first-order valence-electron chi connectivity index (χ1n) is 8.40. The van der Waals surface area contributed by atoms with Gasteiger partial charge in [0, 0.05) is 6.54 Å².